The van der Waals surface area contributed by atoms with E-state index in [1.165, 1.54) is 31.2 Å². The van der Waals surface area contributed by atoms with Crippen LogP contribution in [0.2, 0.25) is 0 Å². The molecule has 1 unspecified atom stereocenters. The molecule has 0 saturated carbocycles. The van der Waals surface area contributed by atoms with Gasteiger partial charge < -0.3 is 19.7 Å². The summed E-state index contributed by atoms with van der Waals surface area (Å²) in [6.07, 6.45) is -0.996. The van der Waals surface area contributed by atoms with E-state index >= 15 is 0 Å². The molecule has 0 heterocycles. The zero-order chi connectivity index (χ0) is 9.84. The second-order valence-corrected chi connectivity index (χ2v) is 2.57. The minimum atomic E-state index is -1.27. The van der Waals surface area contributed by atoms with Crippen molar-refractivity contribution in [2.24, 2.45) is 0 Å². The number of carboxylic acids is 1. The van der Waals surface area contributed by atoms with Crippen LogP contribution < -0.4 is 61.2 Å². The average molecular weight is 220 g/mol. The second kappa shape index (κ2) is 6.42. The van der Waals surface area contributed by atoms with E-state index in [9.17, 15) is 9.90 Å². The van der Waals surface area contributed by atoms with Gasteiger partial charge in [-0.2, -0.15) is 0 Å². The second-order valence-electron chi connectivity index (χ2n) is 2.57. The molecule has 0 amide bonds. The number of rotatable bonds is 3. The number of hydrogen-bond acceptors (Lipinski definition) is 4. The monoisotopic (exact) mass is 220 g/mol. The van der Waals surface area contributed by atoms with Gasteiger partial charge in [0.15, 0.2) is 0 Å². The molecule has 0 fully saturated rings. The summed E-state index contributed by atoms with van der Waals surface area (Å²) in [6.45, 7) is 1.38. The molecule has 0 aromatic heterocycles. The van der Waals surface area contributed by atoms with Crippen molar-refractivity contribution < 1.29 is 71.1 Å². The molecule has 1 rings (SSSR count). The number of benzene rings is 1. The molecule has 5 heteroatoms. The van der Waals surface area contributed by atoms with Crippen LogP contribution >= 0.6 is 0 Å². The van der Waals surface area contributed by atoms with Crippen LogP contribution in [0.15, 0.2) is 24.3 Å². The molecular weight excluding hydrogens is 211 g/mol. The normalized spacial score (nSPS) is 11.2. The van der Waals surface area contributed by atoms with Gasteiger partial charge >= 0.3 is 51.4 Å². The van der Waals surface area contributed by atoms with Crippen LogP contribution in [0.3, 0.4) is 0 Å². The fourth-order valence-corrected chi connectivity index (χ4v) is 0.777. The van der Waals surface area contributed by atoms with Crippen LogP contribution in [0.5, 0.6) is 11.5 Å². The molecule has 14 heavy (non-hydrogen) atoms. The summed E-state index contributed by atoms with van der Waals surface area (Å²) in [4.78, 5) is 10.3. The van der Waals surface area contributed by atoms with Crippen molar-refractivity contribution in [1.82, 2.24) is 0 Å². The summed E-state index contributed by atoms with van der Waals surface area (Å²) < 4.78 is 4.96. The number of carbonyl (C=O) groups excluding carboxylic acids is 1. The molecule has 0 aliphatic rings. The van der Waals surface area contributed by atoms with E-state index in [1.54, 1.807) is 0 Å². The maximum Gasteiger partial charge on any atom is 1.00 e. The Balaban J connectivity index is 0.00000169. The number of phenols is 1. The van der Waals surface area contributed by atoms with Crippen molar-refractivity contribution in [3.05, 3.63) is 24.3 Å². The maximum absolute atomic E-state index is 10.3. The molecule has 0 bridgehead atoms. The fraction of sp³-hybridized carbons (Fsp3) is 0.222. The Morgan fingerprint density at radius 3 is 2.36 bits per heavy atom. The number of aliphatic carboxylic acids is 1. The third kappa shape index (κ3) is 4.43. The Kier molecular flexibility index (Phi) is 6.38. The minimum Gasteiger partial charge on any atom is -0.546 e. The van der Waals surface area contributed by atoms with Crippen LogP contribution in [0.25, 0.3) is 0 Å². The Labute approximate surface area is 124 Å². The first kappa shape index (κ1) is 13.9. The SMILES string of the molecule is CC(Oc1ccc(O)cc1)C(=O)[O-].[K+]. The van der Waals surface area contributed by atoms with Gasteiger partial charge in [0.05, 0.1) is 5.97 Å². The molecule has 1 aromatic carbocycles. The van der Waals surface area contributed by atoms with Crippen molar-refractivity contribution in [2.45, 2.75) is 13.0 Å². The zero-order valence-corrected chi connectivity index (χ0v) is 11.2. The number of carbonyl (C=O) groups is 1. The number of phenolic OH excluding ortho intramolecular Hbond substituents is 1. The van der Waals surface area contributed by atoms with E-state index in [1.807, 2.05) is 0 Å². The van der Waals surface area contributed by atoms with Gasteiger partial charge in [-0.05, 0) is 31.2 Å². The largest absolute Gasteiger partial charge is 1.00 e. The molecule has 4 nitrogen and oxygen atoms in total. The summed E-state index contributed by atoms with van der Waals surface area (Å²) in [5.74, 6) is -0.781. The summed E-state index contributed by atoms with van der Waals surface area (Å²) in [5.41, 5.74) is 0. The zero-order valence-electron chi connectivity index (χ0n) is 8.06. The van der Waals surface area contributed by atoms with E-state index in [-0.39, 0.29) is 57.1 Å². The van der Waals surface area contributed by atoms with Crippen LogP contribution in [0.4, 0.5) is 0 Å². The molecule has 1 atom stereocenters. The molecular formula is C9H9KO4. The van der Waals surface area contributed by atoms with Crippen LogP contribution in [-0.2, 0) is 4.79 Å². The first-order valence-corrected chi connectivity index (χ1v) is 3.76. The standard InChI is InChI=1S/C9H10O4.K/c1-6(9(11)12)13-8-4-2-7(10)3-5-8;/h2-6,10H,1H3,(H,11,12);/q;+1/p-1. The van der Waals surface area contributed by atoms with E-state index in [0.717, 1.165) is 0 Å². The quantitative estimate of drug-likeness (QED) is 0.548. The van der Waals surface area contributed by atoms with E-state index < -0.39 is 12.1 Å². The van der Waals surface area contributed by atoms with Gasteiger partial charge in [0.2, 0.25) is 0 Å². The van der Waals surface area contributed by atoms with Crippen molar-refractivity contribution >= 4 is 5.97 Å². The topological polar surface area (TPSA) is 69.6 Å². The van der Waals surface area contributed by atoms with Crippen molar-refractivity contribution in [2.75, 3.05) is 0 Å². The van der Waals surface area contributed by atoms with Crippen LogP contribution in [-0.4, -0.2) is 17.2 Å². The van der Waals surface area contributed by atoms with Gasteiger partial charge in [-0.1, -0.05) is 0 Å². The van der Waals surface area contributed by atoms with Gasteiger partial charge in [-0.25, -0.2) is 0 Å². The molecule has 70 valence electrons. The summed E-state index contributed by atoms with van der Waals surface area (Å²) >= 11 is 0. The number of carboxylic acid groups (broad SMARTS) is 1. The first-order valence-electron chi connectivity index (χ1n) is 3.76. The van der Waals surface area contributed by atoms with Crippen molar-refractivity contribution in [3.63, 3.8) is 0 Å². The summed E-state index contributed by atoms with van der Waals surface area (Å²) in [5, 5.41) is 19.2. The Bertz CT molecular complexity index is 296. The maximum atomic E-state index is 10.3. The number of ether oxygens (including phenoxy) is 1. The van der Waals surface area contributed by atoms with Gasteiger partial charge in [0, 0.05) is 0 Å². The summed E-state index contributed by atoms with van der Waals surface area (Å²) in [7, 11) is 0. The summed E-state index contributed by atoms with van der Waals surface area (Å²) in [6, 6.07) is 5.79. The van der Waals surface area contributed by atoms with Gasteiger partial charge in [-0.15, -0.1) is 0 Å². The molecule has 0 aliphatic heterocycles. The molecule has 0 aliphatic carbocycles. The van der Waals surface area contributed by atoms with Crippen molar-refractivity contribution in [1.29, 1.82) is 0 Å². The predicted octanol–water partition coefficient (Wildman–Crippen LogP) is -3.09. The number of hydrogen-bond donors (Lipinski definition) is 1. The molecule has 1 aromatic rings. The molecule has 1 N–H and O–H groups in total. The van der Waals surface area contributed by atoms with Crippen LogP contribution in [0, 0.1) is 0 Å². The van der Waals surface area contributed by atoms with Gasteiger partial charge in [0.1, 0.15) is 17.6 Å². The fourth-order valence-electron chi connectivity index (χ4n) is 0.777. The molecule has 0 radical (unpaired) electrons. The minimum absolute atomic E-state index is 0. The third-order valence-electron chi connectivity index (χ3n) is 1.48. The third-order valence-corrected chi connectivity index (χ3v) is 1.48. The van der Waals surface area contributed by atoms with Gasteiger partial charge in [0.25, 0.3) is 0 Å². The Hall–Kier alpha value is -0.0736. The van der Waals surface area contributed by atoms with Crippen molar-refractivity contribution in [3.8, 4) is 11.5 Å². The van der Waals surface area contributed by atoms with E-state index in [4.69, 9.17) is 9.84 Å². The van der Waals surface area contributed by atoms with Crippen LogP contribution in [0.1, 0.15) is 6.92 Å². The predicted molar refractivity (Wildman–Crippen MR) is 43.2 cm³/mol. The molecule has 0 spiro atoms. The smallest absolute Gasteiger partial charge is 0.546 e. The van der Waals surface area contributed by atoms with E-state index in [2.05, 4.69) is 0 Å². The Morgan fingerprint density at radius 1 is 1.43 bits per heavy atom. The van der Waals surface area contributed by atoms with Gasteiger partial charge in [-0.3, -0.25) is 0 Å². The van der Waals surface area contributed by atoms with E-state index in [0.29, 0.717) is 5.75 Å². The first-order chi connectivity index (χ1) is 6.09. The Morgan fingerprint density at radius 2 is 1.93 bits per heavy atom. The average Bonchev–Trinajstić information content (AvgIpc) is 2.08. The molecule has 0 saturated heterocycles. The number of aromatic hydroxyl groups is 1.